The average molecular weight is 281 g/mol. The van der Waals surface area contributed by atoms with E-state index in [2.05, 4.69) is 26.1 Å². The van der Waals surface area contributed by atoms with Crippen molar-refractivity contribution in [1.29, 1.82) is 0 Å². The summed E-state index contributed by atoms with van der Waals surface area (Å²) in [6.45, 7) is 7.41. The molecule has 0 aliphatic carbocycles. The van der Waals surface area contributed by atoms with E-state index in [1.54, 1.807) is 12.1 Å². The molecular formula is C17H28FNO. The molecule has 0 saturated carbocycles. The van der Waals surface area contributed by atoms with Crippen LogP contribution in [0.2, 0.25) is 0 Å². The molecule has 1 rings (SSSR count). The number of hydrogen-bond donors (Lipinski definition) is 1. The van der Waals surface area contributed by atoms with Crippen LogP contribution < -0.4 is 10.1 Å². The van der Waals surface area contributed by atoms with E-state index in [1.807, 2.05) is 6.07 Å². The number of nitrogens with one attached hydrogen (secondary N) is 1. The summed E-state index contributed by atoms with van der Waals surface area (Å²) in [6.07, 6.45) is 4.65. The van der Waals surface area contributed by atoms with Crippen molar-refractivity contribution in [3.8, 4) is 5.75 Å². The van der Waals surface area contributed by atoms with E-state index in [1.165, 1.54) is 20.0 Å². The molecule has 0 aromatic heterocycles. The van der Waals surface area contributed by atoms with Crippen molar-refractivity contribution in [2.45, 2.75) is 52.5 Å². The highest BCUT2D eigenvalue weighted by Crippen LogP contribution is 2.31. The second-order valence-electron chi connectivity index (χ2n) is 5.27. The van der Waals surface area contributed by atoms with E-state index in [0.29, 0.717) is 11.7 Å². The highest BCUT2D eigenvalue weighted by molar-refractivity contribution is 5.31. The Balaban J connectivity index is 3.01. The summed E-state index contributed by atoms with van der Waals surface area (Å²) in [7, 11) is 1.50. The van der Waals surface area contributed by atoms with Crippen LogP contribution in [0.1, 0.15) is 58.1 Å². The number of rotatable bonds is 9. The monoisotopic (exact) mass is 281 g/mol. The predicted octanol–water partition coefficient (Wildman–Crippen LogP) is 4.70. The predicted molar refractivity (Wildman–Crippen MR) is 82.7 cm³/mol. The molecule has 0 radical (unpaired) electrons. The van der Waals surface area contributed by atoms with E-state index in [0.717, 1.165) is 24.9 Å². The van der Waals surface area contributed by atoms with Gasteiger partial charge in [0.05, 0.1) is 7.11 Å². The lowest BCUT2D eigenvalue weighted by Gasteiger charge is -2.28. The molecule has 0 fully saturated rings. The molecule has 1 aromatic rings. The Kier molecular flexibility index (Phi) is 7.60. The summed E-state index contributed by atoms with van der Waals surface area (Å²) in [5, 5.41) is 3.53. The summed E-state index contributed by atoms with van der Waals surface area (Å²) in [5.41, 5.74) is 1.03. The van der Waals surface area contributed by atoms with Gasteiger partial charge in [-0.1, -0.05) is 39.7 Å². The summed E-state index contributed by atoms with van der Waals surface area (Å²) in [6, 6.07) is 5.54. The van der Waals surface area contributed by atoms with Crippen molar-refractivity contribution < 1.29 is 9.13 Å². The zero-order valence-electron chi connectivity index (χ0n) is 13.2. The van der Waals surface area contributed by atoms with E-state index >= 15 is 0 Å². The molecule has 0 aliphatic rings. The number of methoxy groups -OCH3 is 1. The molecule has 1 unspecified atom stereocenters. The maximum absolute atomic E-state index is 13.9. The zero-order valence-corrected chi connectivity index (χ0v) is 13.2. The summed E-state index contributed by atoms with van der Waals surface area (Å²) in [4.78, 5) is 0. The molecule has 2 nitrogen and oxygen atoms in total. The molecule has 1 atom stereocenters. The first-order chi connectivity index (χ1) is 9.67. The Hall–Kier alpha value is -1.09. The smallest absolute Gasteiger partial charge is 0.165 e. The van der Waals surface area contributed by atoms with Crippen LogP contribution in [0, 0.1) is 11.7 Å². The Morgan fingerprint density at radius 1 is 1.15 bits per heavy atom. The fourth-order valence-electron chi connectivity index (χ4n) is 2.87. The number of hydrogen-bond acceptors (Lipinski definition) is 2. The highest BCUT2D eigenvalue weighted by atomic mass is 19.1. The molecule has 114 valence electrons. The Morgan fingerprint density at radius 3 is 2.25 bits per heavy atom. The van der Waals surface area contributed by atoms with Crippen molar-refractivity contribution in [2.75, 3.05) is 13.7 Å². The normalized spacial score (nSPS) is 12.7. The van der Waals surface area contributed by atoms with Crippen LogP contribution in [-0.4, -0.2) is 13.7 Å². The maximum Gasteiger partial charge on any atom is 0.165 e. The molecule has 3 heteroatoms. The largest absolute Gasteiger partial charge is 0.494 e. The number of benzene rings is 1. The van der Waals surface area contributed by atoms with Crippen LogP contribution >= 0.6 is 0 Å². The average Bonchev–Trinajstić information content (AvgIpc) is 2.44. The third kappa shape index (κ3) is 4.48. The van der Waals surface area contributed by atoms with Crippen LogP contribution in [-0.2, 0) is 0 Å². The van der Waals surface area contributed by atoms with E-state index in [4.69, 9.17) is 4.74 Å². The molecule has 20 heavy (non-hydrogen) atoms. The van der Waals surface area contributed by atoms with Gasteiger partial charge in [-0.25, -0.2) is 4.39 Å². The van der Waals surface area contributed by atoms with E-state index in [-0.39, 0.29) is 11.9 Å². The number of halogens is 1. The molecular weight excluding hydrogens is 253 g/mol. The first-order valence-corrected chi connectivity index (χ1v) is 7.74. The Morgan fingerprint density at radius 2 is 1.80 bits per heavy atom. The molecule has 0 saturated heterocycles. The summed E-state index contributed by atoms with van der Waals surface area (Å²) in [5.74, 6) is 0.587. The number of ether oxygens (including phenoxy) is 1. The molecule has 1 aromatic carbocycles. The van der Waals surface area contributed by atoms with Gasteiger partial charge in [-0.3, -0.25) is 0 Å². The zero-order chi connectivity index (χ0) is 15.0. The van der Waals surface area contributed by atoms with Crippen molar-refractivity contribution in [1.82, 2.24) is 5.32 Å². The van der Waals surface area contributed by atoms with Gasteiger partial charge in [0.1, 0.15) is 0 Å². The minimum Gasteiger partial charge on any atom is -0.494 e. The first-order valence-electron chi connectivity index (χ1n) is 7.74. The fourth-order valence-corrected chi connectivity index (χ4v) is 2.87. The Labute approximate surface area is 122 Å². The summed E-state index contributed by atoms with van der Waals surface area (Å²) >= 11 is 0. The van der Waals surface area contributed by atoms with Gasteiger partial charge in [0, 0.05) is 6.04 Å². The SMILES string of the molecule is CCCC(CCC)C(NCC)c1ccc(OC)c(F)c1. The molecule has 0 bridgehead atoms. The van der Waals surface area contributed by atoms with Gasteiger partial charge < -0.3 is 10.1 Å². The quantitative estimate of drug-likeness (QED) is 0.708. The minimum absolute atomic E-state index is 0.223. The minimum atomic E-state index is -0.278. The second kappa shape index (κ2) is 8.96. The van der Waals surface area contributed by atoms with Crippen molar-refractivity contribution in [3.05, 3.63) is 29.6 Å². The van der Waals surface area contributed by atoms with Gasteiger partial charge in [-0.15, -0.1) is 0 Å². The lowest BCUT2D eigenvalue weighted by Crippen LogP contribution is -2.28. The van der Waals surface area contributed by atoms with Crippen molar-refractivity contribution in [3.63, 3.8) is 0 Å². The van der Waals surface area contributed by atoms with Crippen LogP contribution in [0.15, 0.2) is 18.2 Å². The standard InChI is InChI=1S/C17H28FNO/c1-5-8-13(9-6-2)17(19-7-3)14-10-11-16(20-4)15(18)12-14/h10-13,17,19H,5-9H2,1-4H3. The van der Waals surface area contributed by atoms with Crippen LogP contribution in [0.3, 0.4) is 0 Å². The van der Waals surface area contributed by atoms with Crippen LogP contribution in [0.5, 0.6) is 5.75 Å². The van der Waals surface area contributed by atoms with Crippen molar-refractivity contribution >= 4 is 0 Å². The molecule has 0 spiro atoms. The maximum atomic E-state index is 13.9. The van der Waals surface area contributed by atoms with E-state index < -0.39 is 0 Å². The third-order valence-corrected chi connectivity index (χ3v) is 3.75. The van der Waals surface area contributed by atoms with Gasteiger partial charge in [-0.2, -0.15) is 0 Å². The lowest BCUT2D eigenvalue weighted by molar-refractivity contribution is 0.318. The molecule has 0 amide bonds. The van der Waals surface area contributed by atoms with Gasteiger partial charge in [0.25, 0.3) is 0 Å². The fraction of sp³-hybridized carbons (Fsp3) is 0.647. The molecule has 0 heterocycles. The molecule has 1 N–H and O–H groups in total. The van der Waals surface area contributed by atoms with Crippen molar-refractivity contribution in [2.24, 2.45) is 5.92 Å². The lowest BCUT2D eigenvalue weighted by atomic mass is 9.86. The highest BCUT2D eigenvalue weighted by Gasteiger charge is 2.22. The van der Waals surface area contributed by atoms with Gasteiger partial charge in [0.2, 0.25) is 0 Å². The van der Waals surface area contributed by atoms with Gasteiger partial charge in [-0.05, 0) is 43.0 Å². The topological polar surface area (TPSA) is 21.3 Å². The van der Waals surface area contributed by atoms with Gasteiger partial charge >= 0.3 is 0 Å². The Bertz CT molecular complexity index is 389. The summed E-state index contributed by atoms with van der Waals surface area (Å²) < 4.78 is 18.9. The van der Waals surface area contributed by atoms with Crippen LogP contribution in [0.25, 0.3) is 0 Å². The van der Waals surface area contributed by atoms with Gasteiger partial charge in [0.15, 0.2) is 11.6 Å². The van der Waals surface area contributed by atoms with E-state index in [9.17, 15) is 4.39 Å². The van der Waals surface area contributed by atoms with Crippen LogP contribution in [0.4, 0.5) is 4.39 Å². The third-order valence-electron chi connectivity index (χ3n) is 3.75. The second-order valence-corrected chi connectivity index (χ2v) is 5.27. The molecule has 0 aliphatic heterocycles. The first kappa shape index (κ1) is 17.0.